The van der Waals surface area contributed by atoms with E-state index in [1.54, 1.807) is 49.4 Å². The molecule has 0 N–H and O–H groups in total. The first-order valence-electron chi connectivity index (χ1n) is 8.72. The molecule has 3 rings (SSSR count). The Balaban J connectivity index is 2.12. The molecule has 6 nitrogen and oxygen atoms in total. The fourth-order valence-electron chi connectivity index (χ4n) is 2.77. The Morgan fingerprint density at radius 3 is 2.75 bits per heavy atom. The fourth-order valence-corrected chi connectivity index (χ4v) is 3.85. The van der Waals surface area contributed by atoms with Crippen LogP contribution in [0.3, 0.4) is 0 Å². The maximum absolute atomic E-state index is 12.7. The molecule has 1 heterocycles. The van der Waals surface area contributed by atoms with E-state index in [0.717, 1.165) is 10.2 Å². The van der Waals surface area contributed by atoms with Gasteiger partial charge in [-0.1, -0.05) is 29.5 Å². The van der Waals surface area contributed by atoms with E-state index in [9.17, 15) is 9.59 Å². The van der Waals surface area contributed by atoms with E-state index in [1.807, 2.05) is 10.6 Å². The summed E-state index contributed by atoms with van der Waals surface area (Å²) < 4.78 is 13.0. The first-order chi connectivity index (χ1) is 13.6. The Labute approximate surface area is 166 Å². The molecule has 0 aliphatic rings. The standard InChI is InChI=1S/C21H20N2O4S/c1-4-12-23-16-11-10-14(20(25)27-5-2)13-18(16)28-21(23)22-19(24)15-8-6-7-9-17(15)26-3/h4,6-11,13H,1,5,12H2,2-3H3. The lowest BCUT2D eigenvalue weighted by Gasteiger charge is -2.04. The molecular weight excluding hydrogens is 376 g/mol. The number of para-hydroxylation sites is 1. The van der Waals surface area contributed by atoms with Crippen molar-refractivity contribution in [1.29, 1.82) is 0 Å². The van der Waals surface area contributed by atoms with Crippen molar-refractivity contribution in [3.05, 3.63) is 71.0 Å². The minimum absolute atomic E-state index is 0.311. The predicted molar refractivity (Wildman–Crippen MR) is 109 cm³/mol. The largest absolute Gasteiger partial charge is 0.496 e. The molecule has 0 aliphatic heterocycles. The van der Waals surface area contributed by atoms with E-state index in [4.69, 9.17) is 9.47 Å². The van der Waals surface area contributed by atoms with Crippen LogP contribution in [-0.4, -0.2) is 30.2 Å². The summed E-state index contributed by atoms with van der Waals surface area (Å²) in [5, 5.41) is 0. The Morgan fingerprint density at radius 2 is 2.04 bits per heavy atom. The summed E-state index contributed by atoms with van der Waals surface area (Å²) in [6.45, 7) is 6.34. The Bertz CT molecular complexity index is 1110. The molecule has 0 saturated carbocycles. The molecule has 0 unspecified atom stereocenters. The van der Waals surface area contributed by atoms with Gasteiger partial charge in [0.05, 0.1) is 35.1 Å². The van der Waals surface area contributed by atoms with Gasteiger partial charge in [-0.05, 0) is 37.3 Å². The zero-order valence-corrected chi connectivity index (χ0v) is 16.5. The maximum atomic E-state index is 12.7. The molecule has 28 heavy (non-hydrogen) atoms. The molecule has 2 aromatic carbocycles. The molecule has 0 radical (unpaired) electrons. The highest BCUT2D eigenvalue weighted by molar-refractivity contribution is 7.16. The van der Waals surface area contributed by atoms with Crippen molar-refractivity contribution in [2.45, 2.75) is 13.5 Å². The van der Waals surface area contributed by atoms with Crippen LogP contribution in [0.5, 0.6) is 5.75 Å². The molecule has 0 aliphatic carbocycles. The number of esters is 1. The van der Waals surface area contributed by atoms with Crippen molar-refractivity contribution in [3.63, 3.8) is 0 Å². The lowest BCUT2D eigenvalue weighted by atomic mass is 10.2. The summed E-state index contributed by atoms with van der Waals surface area (Å²) in [6.07, 6.45) is 1.73. The highest BCUT2D eigenvalue weighted by atomic mass is 32.1. The number of carbonyl (C=O) groups excluding carboxylic acids is 2. The second kappa shape index (κ2) is 8.67. The van der Waals surface area contributed by atoms with Crippen LogP contribution in [0, 0.1) is 0 Å². The van der Waals surface area contributed by atoms with E-state index in [0.29, 0.717) is 34.8 Å². The third kappa shape index (κ3) is 3.89. The molecule has 7 heteroatoms. The number of ether oxygens (including phenoxy) is 2. The van der Waals surface area contributed by atoms with Crippen molar-refractivity contribution in [2.75, 3.05) is 13.7 Å². The zero-order chi connectivity index (χ0) is 20.1. The monoisotopic (exact) mass is 396 g/mol. The quantitative estimate of drug-likeness (QED) is 0.469. The number of thiazole rings is 1. The van der Waals surface area contributed by atoms with Crippen molar-refractivity contribution < 1.29 is 19.1 Å². The van der Waals surface area contributed by atoms with E-state index in [2.05, 4.69) is 11.6 Å². The van der Waals surface area contributed by atoms with Gasteiger partial charge >= 0.3 is 5.97 Å². The summed E-state index contributed by atoms with van der Waals surface area (Å²) >= 11 is 1.33. The number of carbonyl (C=O) groups is 2. The van der Waals surface area contributed by atoms with Crippen LogP contribution < -0.4 is 9.54 Å². The normalized spacial score (nSPS) is 11.4. The van der Waals surface area contributed by atoms with Gasteiger partial charge < -0.3 is 14.0 Å². The molecule has 1 amide bonds. The topological polar surface area (TPSA) is 69.9 Å². The average molecular weight is 396 g/mol. The van der Waals surface area contributed by atoms with Crippen molar-refractivity contribution in [1.82, 2.24) is 4.57 Å². The molecule has 0 saturated heterocycles. The molecule has 0 spiro atoms. The van der Waals surface area contributed by atoms with Crippen LogP contribution in [-0.2, 0) is 11.3 Å². The SMILES string of the molecule is C=CCn1c(=NC(=O)c2ccccc2OC)sc2cc(C(=O)OCC)ccc21. The van der Waals surface area contributed by atoms with Crippen molar-refractivity contribution >= 4 is 33.4 Å². The Kier molecular flexibility index (Phi) is 6.06. The van der Waals surface area contributed by atoms with Crippen LogP contribution in [0.25, 0.3) is 10.2 Å². The molecule has 0 bridgehead atoms. The lowest BCUT2D eigenvalue weighted by molar-refractivity contribution is 0.0526. The number of methoxy groups -OCH3 is 1. The maximum Gasteiger partial charge on any atom is 0.338 e. The molecule has 144 valence electrons. The van der Waals surface area contributed by atoms with Gasteiger partial charge in [-0.3, -0.25) is 4.79 Å². The smallest absolute Gasteiger partial charge is 0.338 e. The van der Waals surface area contributed by atoms with Gasteiger partial charge in [-0.2, -0.15) is 4.99 Å². The van der Waals surface area contributed by atoms with Gasteiger partial charge in [0.15, 0.2) is 4.80 Å². The summed E-state index contributed by atoms with van der Waals surface area (Å²) in [5.41, 5.74) is 1.72. The average Bonchev–Trinajstić information content (AvgIpc) is 3.04. The van der Waals surface area contributed by atoms with Gasteiger partial charge in [-0.15, -0.1) is 6.58 Å². The molecule has 0 atom stereocenters. The Morgan fingerprint density at radius 1 is 1.25 bits per heavy atom. The fraction of sp³-hybridized carbons (Fsp3) is 0.190. The van der Waals surface area contributed by atoms with Gasteiger partial charge in [-0.25, -0.2) is 4.79 Å². The predicted octanol–water partition coefficient (Wildman–Crippen LogP) is 3.82. The van der Waals surface area contributed by atoms with Crippen LogP contribution in [0.2, 0.25) is 0 Å². The van der Waals surface area contributed by atoms with Crippen LogP contribution in [0.1, 0.15) is 27.6 Å². The number of aromatic nitrogens is 1. The first kappa shape index (κ1) is 19.6. The minimum atomic E-state index is -0.396. The Hall–Kier alpha value is -3.19. The number of benzene rings is 2. The van der Waals surface area contributed by atoms with E-state index >= 15 is 0 Å². The van der Waals surface area contributed by atoms with Crippen LogP contribution in [0.15, 0.2) is 60.1 Å². The van der Waals surface area contributed by atoms with E-state index in [-0.39, 0.29) is 5.97 Å². The summed E-state index contributed by atoms with van der Waals surface area (Å²) in [6, 6.07) is 12.2. The van der Waals surface area contributed by atoms with E-state index in [1.165, 1.54) is 18.4 Å². The van der Waals surface area contributed by atoms with Crippen LogP contribution in [0.4, 0.5) is 0 Å². The van der Waals surface area contributed by atoms with Gasteiger partial charge in [0.1, 0.15) is 5.75 Å². The second-order valence-electron chi connectivity index (χ2n) is 5.80. The highest BCUT2D eigenvalue weighted by Crippen LogP contribution is 2.21. The lowest BCUT2D eigenvalue weighted by Crippen LogP contribution is -2.16. The summed E-state index contributed by atoms with van der Waals surface area (Å²) in [7, 11) is 1.51. The van der Waals surface area contributed by atoms with E-state index < -0.39 is 5.91 Å². The number of rotatable bonds is 6. The number of hydrogen-bond acceptors (Lipinski definition) is 5. The van der Waals surface area contributed by atoms with Gasteiger partial charge in [0.25, 0.3) is 5.91 Å². The zero-order valence-electron chi connectivity index (χ0n) is 15.7. The summed E-state index contributed by atoms with van der Waals surface area (Å²) in [5.74, 6) is -0.304. The summed E-state index contributed by atoms with van der Waals surface area (Å²) in [4.78, 5) is 29.6. The molecular formula is C21H20N2O4S. The number of hydrogen-bond donors (Lipinski definition) is 0. The van der Waals surface area contributed by atoms with Crippen molar-refractivity contribution in [2.24, 2.45) is 4.99 Å². The highest BCUT2D eigenvalue weighted by Gasteiger charge is 2.14. The van der Waals surface area contributed by atoms with Crippen molar-refractivity contribution in [3.8, 4) is 5.75 Å². The first-order valence-corrected chi connectivity index (χ1v) is 9.54. The third-order valence-corrected chi connectivity index (χ3v) is 5.08. The van der Waals surface area contributed by atoms with Gasteiger partial charge in [0, 0.05) is 6.54 Å². The number of amides is 1. The minimum Gasteiger partial charge on any atom is -0.496 e. The molecule has 1 aromatic heterocycles. The molecule has 0 fully saturated rings. The molecule has 3 aromatic rings. The number of nitrogens with zero attached hydrogens (tertiary/aromatic N) is 2. The number of fused-ring (bicyclic) bond motifs is 1. The number of allylic oxidation sites excluding steroid dienone is 1. The third-order valence-electron chi connectivity index (χ3n) is 4.04. The van der Waals surface area contributed by atoms with Crippen LogP contribution >= 0.6 is 11.3 Å². The second-order valence-corrected chi connectivity index (χ2v) is 6.81. The van der Waals surface area contributed by atoms with Gasteiger partial charge in [0.2, 0.25) is 0 Å².